The van der Waals surface area contributed by atoms with Crippen molar-refractivity contribution in [1.82, 2.24) is 20.2 Å². The molecular formula is C14H17N5. The van der Waals surface area contributed by atoms with Gasteiger partial charge in [-0.1, -0.05) is 12.1 Å². The van der Waals surface area contributed by atoms with Crippen LogP contribution in [0, 0.1) is 6.92 Å². The number of H-pyrrole nitrogens is 2. The average molecular weight is 255 g/mol. The number of rotatable bonds is 5. The number of aromatic nitrogens is 4. The molecule has 0 saturated carbocycles. The summed E-state index contributed by atoms with van der Waals surface area (Å²) in [4.78, 5) is 7.74. The number of para-hydroxylation sites is 2. The topological polar surface area (TPSA) is 69.4 Å². The Morgan fingerprint density at radius 3 is 2.95 bits per heavy atom. The number of nitrogens with zero attached hydrogens (tertiary/aromatic N) is 2. The van der Waals surface area contributed by atoms with Gasteiger partial charge >= 0.3 is 0 Å². The summed E-state index contributed by atoms with van der Waals surface area (Å²) in [6.07, 6.45) is 3.98. The molecule has 0 bridgehead atoms. The van der Waals surface area contributed by atoms with Crippen molar-refractivity contribution in [3.05, 3.63) is 41.7 Å². The zero-order chi connectivity index (χ0) is 13.1. The van der Waals surface area contributed by atoms with E-state index in [1.165, 1.54) is 5.56 Å². The summed E-state index contributed by atoms with van der Waals surface area (Å²) < 4.78 is 0. The van der Waals surface area contributed by atoms with Crippen molar-refractivity contribution in [3.8, 4) is 0 Å². The van der Waals surface area contributed by atoms with Crippen LogP contribution in [0.5, 0.6) is 0 Å². The van der Waals surface area contributed by atoms with Crippen LogP contribution in [0.1, 0.15) is 17.7 Å². The van der Waals surface area contributed by atoms with Crippen LogP contribution in [-0.2, 0) is 6.42 Å². The molecule has 0 aliphatic carbocycles. The lowest BCUT2D eigenvalue weighted by Crippen LogP contribution is -2.04. The van der Waals surface area contributed by atoms with Gasteiger partial charge in [0.15, 0.2) is 0 Å². The molecule has 0 radical (unpaired) electrons. The van der Waals surface area contributed by atoms with Gasteiger partial charge in [0.05, 0.1) is 17.2 Å². The largest absolute Gasteiger partial charge is 0.356 e. The highest BCUT2D eigenvalue weighted by molar-refractivity contribution is 5.77. The zero-order valence-electron chi connectivity index (χ0n) is 10.9. The Morgan fingerprint density at radius 1 is 1.26 bits per heavy atom. The summed E-state index contributed by atoms with van der Waals surface area (Å²) in [7, 11) is 0. The fourth-order valence-corrected chi connectivity index (χ4v) is 2.15. The lowest BCUT2D eigenvalue weighted by molar-refractivity contribution is 0.851. The van der Waals surface area contributed by atoms with Crippen molar-refractivity contribution in [2.45, 2.75) is 19.8 Å². The van der Waals surface area contributed by atoms with Gasteiger partial charge in [-0.2, -0.15) is 5.10 Å². The highest BCUT2D eigenvalue weighted by Crippen LogP contribution is 2.13. The normalized spacial score (nSPS) is 11.0. The van der Waals surface area contributed by atoms with Crippen molar-refractivity contribution in [1.29, 1.82) is 0 Å². The number of aryl methyl sites for hydroxylation is 2. The smallest absolute Gasteiger partial charge is 0.201 e. The van der Waals surface area contributed by atoms with Crippen molar-refractivity contribution in [2.75, 3.05) is 11.9 Å². The van der Waals surface area contributed by atoms with Crippen LogP contribution in [0.3, 0.4) is 0 Å². The van der Waals surface area contributed by atoms with Gasteiger partial charge in [0.2, 0.25) is 5.95 Å². The Morgan fingerprint density at radius 2 is 2.16 bits per heavy atom. The third kappa shape index (κ3) is 2.59. The minimum Gasteiger partial charge on any atom is -0.356 e. The van der Waals surface area contributed by atoms with E-state index in [1.807, 2.05) is 30.5 Å². The molecule has 0 spiro atoms. The van der Waals surface area contributed by atoms with E-state index in [0.717, 1.165) is 42.1 Å². The second-order valence-electron chi connectivity index (χ2n) is 4.65. The molecule has 3 N–H and O–H groups in total. The molecule has 5 heteroatoms. The van der Waals surface area contributed by atoms with Crippen molar-refractivity contribution >= 4 is 17.0 Å². The molecule has 19 heavy (non-hydrogen) atoms. The van der Waals surface area contributed by atoms with Crippen LogP contribution in [0.25, 0.3) is 11.0 Å². The molecule has 0 aliphatic rings. The first-order chi connectivity index (χ1) is 9.33. The van der Waals surface area contributed by atoms with Gasteiger partial charge in [-0.3, -0.25) is 5.10 Å². The van der Waals surface area contributed by atoms with Crippen LogP contribution in [-0.4, -0.2) is 26.7 Å². The number of nitrogens with one attached hydrogen (secondary N) is 3. The first-order valence-corrected chi connectivity index (χ1v) is 6.50. The maximum Gasteiger partial charge on any atom is 0.201 e. The molecule has 98 valence electrons. The van der Waals surface area contributed by atoms with Gasteiger partial charge in [0.25, 0.3) is 0 Å². The predicted molar refractivity (Wildman–Crippen MR) is 76.2 cm³/mol. The molecule has 0 fully saturated rings. The summed E-state index contributed by atoms with van der Waals surface area (Å²) in [5, 5.41) is 10.3. The van der Waals surface area contributed by atoms with Crippen LogP contribution in [0.15, 0.2) is 30.5 Å². The summed E-state index contributed by atoms with van der Waals surface area (Å²) in [6, 6.07) is 8.04. The molecule has 1 aromatic carbocycles. The standard InChI is InChI=1S/C14H17N5/c1-10-11(9-16-19-10)5-4-8-15-14-17-12-6-2-3-7-13(12)18-14/h2-3,6-7,9H,4-5,8H2,1H3,(H,16,19)(H2,15,17,18). The molecule has 0 atom stereocenters. The molecule has 3 rings (SSSR count). The number of fused-ring (bicyclic) bond motifs is 1. The zero-order valence-corrected chi connectivity index (χ0v) is 10.9. The summed E-state index contributed by atoms with van der Waals surface area (Å²) in [5.74, 6) is 0.838. The van der Waals surface area contributed by atoms with Gasteiger partial charge in [-0.05, 0) is 37.5 Å². The number of anilines is 1. The number of hydrogen-bond acceptors (Lipinski definition) is 3. The monoisotopic (exact) mass is 255 g/mol. The highest BCUT2D eigenvalue weighted by atomic mass is 15.1. The first-order valence-electron chi connectivity index (χ1n) is 6.50. The third-order valence-corrected chi connectivity index (χ3v) is 3.24. The third-order valence-electron chi connectivity index (χ3n) is 3.24. The summed E-state index contributed by atoms with van der Waals surface area (Å²) in [6.45, 7) is 2.94. The van der Waals surface area contributed by atoms with E-state index >= 15 is 0 Å². The number of benzene rings is 1. The van der Waals surface area contributed by atoms with E-state index in [2.05, 4.69) is 32.4 Å². The predicted octanol–water partition coefficient (Wildman–Crippen LogP) is 2.64. The molecule has 2 heterocycles. The van der Waals surface area contributed by atoms with Gasteiger partial charge in [-0.15, -0.1) is 0 Å². The highest BCUT2D eigenvalue weighted by Gasteiger charge is 2.02. The van der Waals surface area contributed by atoms with Gasteiger partial charge in [-0.25, -0.2) is 4.98 Å². The van der Waals surface area contributed by atoms with E-state index in [9.17, 15) is 0 Å². The van der Waals surface area contributed by atoms with Crippen molar-refractivity contribution < 1.29 is 0 Å². The molecule has 5 nitrogen and oxygen atoms in total. The Kier molecular flexibility index (Phi) is 3.18. The fraction of sp³-hybridized carbons (Fsp3) is 0.286. The maximum atomic E-state index is 4.48. The summed E-state index contributed by atoms with van der Waals surface area (Å²) in [5.41, 5.74) is 4.50. The van der Waals surface area contributed by atoms with Crippen LogP contribution in [0.4, 0.5) is 5.95 Å². The summed E-state index contributed by atoms with van der Waals surface area (Å²) >= 11 is 0. The first kappa shape index (κ1) is 11.8. The molecule has 0 amide bonds. The van der Waals surface area contributed by atoms with E-state index in [4.69, 9.17) is 0 Å². The van der Waals surface area contributed by atoms with Crippen LogP contribution >= 0.6 is 0 Å². The van der Waals surface area contributed by atoms with Crippen molar-refractivity contribution in [3.63, 3.8) is 0 Å². The van der Waals surface area contributed by atoms with Crippen molar-refractivity contribution in [2.24, 2.45) is 0 Å². The lowest BCUT2D eigenvalue weighted by atomic mass is 10.1. The van der Waals surface area contributed by atoms with E-state index < -0.39 is 0 Å². The Hall–Kier alpha value is -2.30. The minimum atomic E-state index is 0.838. The van der Waals surface area contributed by atoms with Crippen LogP contribution in [0.2, 0.25) is 0 Å². The van der Waals surface area contributed by atoms with Crippen LogP contribution < -0.4 is 5.32 Å². The van der Waals surface area contributed by atoms with Gasteiger partial charge in [0.1, 0.15) is 0 Å². The molecule has 2 aromatic heterocycles. The van der Waals surface area contributed by atoms with E-state index in [1.54, 1.807) is 0 Å². The Labute approximate surface area is 111 Å². The maximum absolute atomic E-state index is 4.48. The molecule has 0 aliphatic heterocycles. The minimum absolute atomic E-state index is 0.838. The van der Waals surface area contributed by atoms with Gasteiger partial charge in [0, 0.05) is 12.2 Å². The molecule has 0 saturated heterocycles. The number of hydrogen-bond donors (Lipinski definition) is 3. The number of aromatic amines is 2. The molecular weight excluding hydrogens is 238 g/mol. The fourth-order valence-electron chi connectivity index (χ4n) is 2.15. The molecule has 0 unspecified atom stereocenters. The molecule has 3 aromatic rings. The lowest BCUT2D eigenvalue weighted by Gasteiger charge is -2.02. The second-order valence-corrected chi connectivity index (χ2v) is 4.65. The quantitative estimate of drug-likeness (QED) is 0.614. The SMILES string of the molecule is Cc1[nH]ncc1CCCNc1nc2ccccc2[nH]1. The second kappa shape index (κ2) is 5.14. The van der Waals surface area contributed by atoms with Gasteiger partial charge < -0.3 is 10.3 Å². The van der Waals surface area contributed by atoms with E-state index in [0.29, 0.717) is 0 Å². The Balaban J connectivity index is 1.53. The average Bonchev–Trinajstić information content (AvgIpc) is 3.00. The number of imidazole rings is 1. The Bertz CT molecular complexity index is 634. The van der Waals surface area contributed by atoms with E-state index in [-0.39, 0.29) is 0 Å².